The Morgan fingerprint density at radius 2 is 1.76 bits per heavy atom. The molecule has 0 aliphatic rings. The molecule has 0 spiro atoms. The highest BCUT2D eigenvalue weighted by molar-refractivity contribution is 7.89. The Hall–Kier alpha value is -3.30. The molecule has 2 aromatic carbocycles. The molecule has 1 amide bonds. The maximum Gasteiger partial charge on any atom is 0.241 e. The van der Waals surface area contributed by atoms with E-state index in [0.717, 1.165) is 11.1 Å². The van der Waals surface area contributed by atoms with Crippen molar-refractivity contribution in [2.45, 2.75) is 30.7 Å². The third-order valence-electron chi connectivity index (χ3n) is 5.09. The number of methoxy groups -OCH3 is 2. The number of carbonyl (C=O) groups excluding carboxylic acids is 1. The van der Waals surface area contributed by atoms with Gasteiger partial charge in [0.2, 0.25) is 15.9 Å². The Balaban J connectivity index is 1.62. The van der Waals surface area contributed by atoms with Gasteiger partial charge in [-0.15, -0.1) is 0 Å². The van der Waals surface area contributed by atoms with Crippen LogP contribution in [0, 0.1) is 6.92 Å². The highest BCUT2D eigenvalue weighted by atomic mass is 32.2. The first-order chi connectivity index (χ1) is 15.8. The van der Waals surface area contributed by atoms with Crippen molar-refractivity contribution in [1.82, 2.24) is 10.0 Å². The summed E-state index contributed by atoms with van der Waals surface area (Å²) in [5.74, 6) is 1.31. The molecule has 0 saturated carbocycles. The van der Waals surface area contributed by atoms with Crippen molar-refractivity contribution in [2.75, 3.05) is 20.8 Å². The van der Waals surface area contributed by atoms with Gasteiger partial charge in [0.05, 0.1) is 37.8 Å². The van der Waals surface area contributed by atoms with E-state index in [2.05, 4.69) is 10.0 Å². The lowest BCUT2D eigenvalue weighted by molar-refractivity contribution is -0.121. The minimum absolute atomic E-state index is 0.107. The van der Waals surface area contributed by atoms with E-state index in [-0.39, 0.29) is 17.2 Å². The topological polar surface area (TPSA) is 107 Å². The van der Waals surface area contributed by atoms with Gasteiger partial charge >= 0.3 is 0 Å². The largest absolute Gasteiger partial charge is 0.493 e. The van der Waals surface area contributed by atoms with Gasteiger partial charge in [-0.25, -0.2) is 8.42 Å². The van der Waals surface area contributed by atoms with E-state index in [1.807, 2.05) is 25.1 Å². The van der Waals surface area contributed by atoms with E-state index in [1.165, 1.54) is 18.4 Å². The molecule has 1 unspecified atom stereocenters. The number of nitrogens with one attached hydrogen (secondary N) is 2. The van der Waals surface area contributed by atoms with E-state index in [9.17, 15) is 13.2 Å². The number of carbonyl (C=O) groups is 1. The molecule has 9 heteroatoms. The smallest absolute Gasteiger partial charge is 0.241 e. The van der Waals surface area contributed by atoms with Crippen LogP contribution in [0.3, 0.4) is 0 Å². The molecule has 0 radical (unpaired) electrons. The summed E-state index contributed by atoms with van der Waals surface area (Å²) in [6.07, 6.45) is 1.91. The molecule has 1 heterocycles. The van der Waals surface area contributed by atoms with Crippen LogP contribution in [0.5, 0.6) is 11.5 Å². The Labute approximate surface area is 194 Å². The minimum Gasteiger partial charge on any atom is -0.493 e. The van der Waals surface area contributed by atoms with Gasteiger partial charge in [-0.3, -0.25) is 4.79 Å². The van der Waals surface area contributed by atoms with E-state index >= 15 is 0 Å². The van der Waals surface area contributed by atoms with Gasteiger partial charge in [-0.05, 0) is 55.3 Å². The molecule has 0 aliphatic heterocycles. The Morgan fingerprint density at radius 3 is 2.39 bits per heavy atom. The summed E-state index contributed by atoms with van der Waals surface area (Å²) < 4.78 is 44.2. The van der Waals surface area contributed by atoms with Crippen LogP contribution in [0.25, 0.3) is 0 Å². The fourth-order valence-electron chi connectivity index (χ4n) is 3.30. The third kappa shape index (κ3) is 6.59. The van der Waals surface area contributed by atoms with Gasteiger partial charge < -0.3 is 19.2 Å². The number of rotatable bonds is 11. The number of amides is 1. The third-order valence-corrected chi connectivity index (χ3v) is 6.58. The van der Waals surface area contributed by atoms with E-state index in [4.69, 9.17) is 13.9 Å². The number of aryl methyl sites for hydroxylation is 1. The average molecular weight is 473 g/mol. The summed E-state index contributed by atoms with van der Waals surface area (Å²) in [4.78, 5) is 12.7. The molecular formula is C24H28N2O6S. The lowest BCUT2D eigenvalue weighted by atomic mass is 10.1. The van der Waals surface area contributed by atoms with Crippen LogP contribution in [0.4, 0.5) is 0 Å². The van der Waals surface area contributed by atoms with E-state index in [0.29, 0.717) is 30.2 Å². The minimum atomic E-state index is -3.84. The predicted octanol–water partition coefficient (Wildman–Crippen LogP) is 3.37. The first kappa shape index (κ1) is 24.3. The molecule has 1 atom stereocenters. The van der Waals surface area contributed by atoms with Crippen molar-refractivity contribution in [1.29, 1.82) is 0 Å². The number of sulfonamides is 1. The molecule has 3 aromatic rings. The second-order valence-corrected chi connectivity index (χ2v) is 9.21. The first-order valence-electron chi connectivity index (χ1n) is 10.4. The van der Waals surface area contributed by atoms with E-state index < -0.39 is 16.1 Å². The highest BCUT2D eigenvalue weighted by Crippen LogP contribution is 2.27. The molecule has 1 aromatic heterocycles. The molecule has 33 heavy (non-hydrogen) atoms. The number of benzene rings is 2. The fourth-order valence-corrected chi connectivity index (χ4v) is 4.51. The van der Waals surface area contributed by atoms with Gasteiger partial charge in [0, 0.05) is 6.54 Å². The summed E-state index contributed by atoms with van der Waals surface area (Å²) >= 11 is 0. The second kappa shape index (κ2) is 11.0. The lowest BCUT2D eigenvalue weighted by Crippen LogP contribution is -2.34. The quantitative estimate of drug-likeness (QED) is 0.443. The van der Waals surface area contributed by atoms with Crippen LogP contribution < -0.4 is 19.5 Å². The van der Waals surface area contributed by atoms with Crippen molar-refractivity contribution in [3.8, 4) is 11.5 Å². The van der Waals surface area contributed by atoms with Crippen molar-refractivity contribution >= 4 is 15.9 Å². The standard InChI is InChI=1S/C24H28N2O6S/c1-17-6-9-19(10-7-17)33(28,29)26-20(21-5-4-14-32-21)16-24(27)25-13-12-18-8-11-22(30-2)23(15-18)31-3/h4-11,14-15,20,26H,12-13,16H2,1-3H3,(H,25,27). The van der Waals surface area contributed by atoms with Crippen molar-refractivity contribution in [3.63, 3.8) is 0 Å². The fraction of sp³-hybridized carbons (Fsp3) is 0.292. The zero-order valence-electron chi connectivity index (χ0n) is 18.8. The summed E-state index contributed by atoms with van der Waals surface area (Å²) in [6.45, 7) is 2.26. The summed E-state index contributed by atoms with van der Waals surface area (Å²) in [5, 5.41) is 2.84. The molecular weight excluding hydrogens is 444 g/mol. The number of furan rings is 1. The Bertz CT molecular complexity index is 1160. The zero-order chi connectivity index (χ0) is 23.8. The zero-order valence-corrected chi connectivity index (χ0v) is 19.6. The van der Waals surface area contributed by atoms with Crippen LogP contribution >= 0.6 is 0 Å². The van der Waals surface area contributed by atoms with Crippen LogP contribution in [0.1, 0.15) is 29.3 Å². The van der Waals surface area contributed by atoms with Crippen molar-refractivity contribution in [3.05, 3.63) is 77.7 Å². The summed E-state index contributed by atoms with van der Waals surface area (Å²) in [6, 6.07) is 14.5. The molecule has 8 nitrogen and oxygen atoms in total. The summed E-state index contributed by atoms with van der Waals surface area (Å²) in [7, 11) is -0.706. The molecule has 0 bridgehead atoms. The van der Waals surface area contributed by atoms with Crippen LogP contribution in [-0.4, -0.2) is 35.1 Å². The number of hydrogen-bond acceptors (Lipinski definition) is 6. The van der Waals surface area contributed by atoms with Gasteiger partial charge in [-0.1, -0.05) is 23.8 Å². The first-order valence-corrected chi connectivity index (χ1v) is 11.9. The van der Waals surface area contributed by atoms with Gasteiger partial charge in [0.1, 0.15) is 5.76 Å². The molecule has 3 rings (SSSR count). The lowest BCUT2D eigenvalue weighted by Gasteiger charge is -2.17. The van der Waals surface area contributed by atoms with Crippen molar-refractivity contribution in [2.24, 2.45) is 0 Å². The number of ether oxygens (including phenoxy) is 2. The Kier molecular flexibility index (Phi) is 8.13. The Morgan fingerprint density at radius 1 is 1.03 bits per heavy atom. The normalized spacial score (nSPS) is 12.2. The van der Waals surface area contributed by atoms with Gasteiger partial charge in [0.15, 0.2) is 11.5 Å². The predicted molar refractivity (Wildman–Crippen MR) is 124 cm³/mol. The molecule has 2 N–H and O–H groups in total. The van der Waals surface area contributed by atoms with Crippen LogP contribution in [0.2, 0.25) is 0 Å². The maximum atomic E-state index is 12.8. The summed E-state index contributed by atoms with van der Waals surface area (Å²) in [5.41, 5.74) is 1.92. The van der Waals surface area contributed by atoms with Gasteiger partial charge in [-0.2, -0.15) is 4.72 Å². The van der Waals surface area contributed by atoms with Crippen molar-refractivity contribution < 1.29 is 27.1 Å². The SMILES string of the molecule is COc1ccc(CCNC(=O)CC(NS(=O)(=O)c2ccc(C)cc2)c2ccco2)cc1OC. The van der Waals surface area contributed by atoms with Crippen LogP contribution in [0.15, 0.2) is 70.2 Å². The number of hydrogen-bond donors (Lipinski definition) is 2. The van der Waals surface area contributed by atoms with Gasteiger partial charge in [0.25, 0.3) is 0 Å². The average Bonchev–Trinajstić information content (AvgIpc) is 3.34. The van der Waals surface area contributed by atoms with Crippen LogP contribution in [-0.2, 0) is 21.2 Å². The molecule has 0 fully saturated rings. The molecule has 0 aliphatic carbocycles. The second-order valence-electron chi connectivity index (χ2n) is 7.50. The highest BCUT2D eigenvalue weighted by Gasteiger charge is 2.25. The molecule has 176 valence electrons. The molecule has 0 saturated heterocycles. The monoisotopic (exact) mass is 472 g/mol. The van der Waals surface area contributed by atoms with E-state index in [1.54, 1.807) is 38.5 Å². The maximum absolute atomic E-state index is 12.8.